The van der Waals surface area contributed by atoms with E-state index in [9.17, 15) is 10.2 Å². The van der Waals surface area contributed by atoms with E-state index in [4.69, 9.17) is 5.73 Å². The Balaban J connectivity index is 1.56. The lowest BCUT2D eigenvalue weighted by atomic mass is 9.49. The zero-order chi connectivity index (χ0) is 18.6. The molecule has 1 aromatic carbocycles. The van der Waals surface area contributed by atoms with Gasteiger partial charge < -0.3 is 21.3 Å². The van der Waals surface area contributed by atoms with Crippen LogP contribution in [0.25, 0.3) is 0 Å². The Morgan fingerprint density at radius 1 is 1.22 bits per heavy atom. The van der Waals surface area contributed by atoms with Crippen LogP contribution in [0.4, 0.5) is 0 Å². The molecule has 5 heteroatoms. The predicted molar refractivity (Wildman–Crippen MR) is 106 cm³/mol. The molecule has 27 heavy (non-hydrogen) atoms. The first-order chi connectivity index (χ1) is 13.1. The van der Waals surface area contributed by atoms with Crippen LogP contribution in [0, 0.1) is 5.92 Å². The van der Waals surface area contributed by atoms with Crippen molar-refractivity contribution < 1.29 is 10.2 Å². The molecule has 148 valence electrons. The number of fused-ring (bicyclic) bond motifs is 1. The molecule has 5 N–H and O–H groups in total. The summed E-state index contributed by atoms with van der Waals surface area (Å²) in [4.78, 5) is 2.60. The minimum Gasteiger partial charge on any atom is -0.508 e. The summed E-state index contributed by atoms with van der Waals surface area (Å²) in [7, 11) is 0. The molecule has 0 amide bonds. The van der Waals surface area contributed by atoms with E-state index in [0.717, 1.165) is 57.7 Å². The average molecular weight is 372 g/mol. The van der Waals surface area contributed by atoms with Crippen LogP contribution in [0.3, 0.4) is 0 Å². The van der Waals surface area contributed by atoms with Crippen LogP contribution in [0.1, 0.15) is 49.7 Å². The van der Waals surface area contributed by atoms with Crippen LogP contribution in [-0.4, -0.2) is 59.0 Å². The summed E-state index contributed by atoms with van der Waals surface area (Å²) in [5.74, 6) is 1.16. The van der Waals surface area contributed by atoms with Crippen LogP contribution in [0.15, 0.2) is 18.2 Å². The molecule has 2 bridgehead atoms. The zero-order valence-electron chi connectivity index (χ0n) is 16.2. The molecule has 4 atom stereocenters. The summed E-state index contributed by atoms with van der Waals surface area (Å²) in [6, 6.07) is 6.44. The number of phenolic OH excluding ortho intramolecular Hbond substituents is 1. The van der Waals surface area contributed by atoms with Gasteiger partial charge in [0.15, 0.2) is 0 Å². The number of hydrogen-bond acceptors (Lipinski definition) is 5. The molecule has 1 aromatic rings. The van der Waals surface area contributed by atoms with Crippen molar-refractivity contribution in [3.05, 3.63) is 29.3 Å². The van der Waals surface area contributed by atoms with Crippen molar-refractivity contribution in [1.29, 1.82) is 0 Å². The molecule has 1 heterocycles. The second-order valence-electron chi connectivity index (χ2n) is 9.44. The van der Waals surface area contributed by atoms with Gasteiger partial charge in [0.05, 0.1) is 5.60 Å². The number of nitrogens with two attached hydrogens (primary N) is 1. The summed E-state index contributed by atoms with van der Waals surface area (Å²) in [6.45, 7) is 3.67. The van der Waals surface area contributed by atoms with Gasteiger partial charge in [-0.15, -0.1) is 0 Å². The normalized spacial score (nSPS) is 38.3. The summed E-state index contributed by atoms with van der Waals surface area (Å²) in [5.41, 5.74) is 7.29. The van der Waals surface area contributed by atoms with Crippen LogP contribution >= 0.6 is 0 Å². The molecule has 5 rings (SSSR count). The van der Waals surface area contributed by atoms with Gasteiger partial charge in [-0.25, -0.2) is 0 Å². The third-order valence-corrected chi connectivity index (χ3v) is 7.90. The van der Waals surface area contributed by atoms with E-state index in [0.29, 0.717) is 18.3 Å². The molecule has 4 aliphatic rings. The van der Waals surface area contributed by atoms with E-state index in [2.05, 4.69) is 16.3 Å². The van der Waals surface area contributed by atoms with Crippen molar-refractivity contribution >= 4 is 0 Å². The summed E-state index contributed by atoms with van der Waals surface area (Å²) < 4.78 is 0. The number of benzene rings is 1. The van der Waals surface area contributed by atoms with Crippen molar-refractivity contribution in [2.45, 2.75) is 68.0 Å². The van der Waals surface area contributed by atoms with Gasteiger partial charge in [-0.2, -0.15) is 0 Å². The number of aromatic hydroxyl groups is 1. The number of nitrogens with zero attached hydrogens (tertiary/aromatic N) is 1. The summed E-state index contributed by atoms with van der Waals surface area (Å²) in [5, 5.41) is 26.0. The van der Waals surface area contributed by atoms with E-state index < -0.39 is 5.60 Å². The van der Waals surface area contributed by atoms with Crippen molar-refractivity contribution in [3.8, 4) is 5.75 Å². The molecule has 3 fully saturated rings. The van der Waals surface area contributed by atoms with E-state index >= 15 is 0 Å². The van der Waals surface area contributed by atoms with Crippen LogP contribution in [0.2, 0.25) is 0 Å². The lowest BCUT2D eigenvalue weighted by Crippen LogP contribution is -2.74. The minimum atomic E-state index is -0.693. The molecule has 3 aliphatic carbocycles. The highest BCUT2D eigenvalue weighted by Gasteiger charge is 2.64. The zero-order valence-corrected chi connectivity index (χ0v) is 16.2. The van der Waals surface area contributed by atoms with Crippen molar-refractivity contribution in [2.75, 3.05) is 26.2 Å². The van der Waals surface area contributed by atoms with Gasteiger partial charge in [0, 0.05) is 37.1 Å². The Bertz CT molecular complexity index is 722. The fourth-order valence-corrected chi connectivity index (χ4v) is 6.41. The number of phenols is 1. The van der Waals surface area contributed by atoms with Crippen LogP contribution < -0.4 is 11.1 Å². The first kappa shape index (κ1) is 17.9. The molecule has 2 saturated carbocycles. The number of likely N-dealkylation sites (tertiary alicyclic amines) is 1. The largest absolute Gasteiger partial charge is 0.508 e. The maximum atomic E-state index is 12.2. The Morgan fingerprint density at radius 3 is 2.85 bits per heavy atom. The highest BCUT2D eigenvalue weighted by atomic mass is 16.3. The molecule has 0 radical (unpaired) electrons. The van der Waals surface area contributed by atoms with Crippen LogP contribution in [-0.2, 0) is 11.8 Å². The van der Waals surface area contributed by atoms with Gasteiger partial charge in [-0.05, 0) is 80.7 Å². The summed E-state index contributed by atoms with van der Waals surface area (Å²) in [6.07, 6.45) is 7.35. The van der Waals surface area contributed by atoms with Gasteiger partial charge >= 0.3 is 0 Å². The first-order valence-corrected chi connectivity index (χ1v) is 10.8. The maximum absolute atomic E-state index is 12.2. The van der Waals surface area contributed by atoms with Crippen molar-refractivity contribution in [2.24, 2.45) is 11.7 Å². The van der Waals surface area contributed by atoms with E-state index in [1.807, 2.05) is 12.1 Å². The number of nitrogens with one attached hydrogen (secondary N) is 1. The molecule has 0 spiro atoms. The minimum absolute atomic E-state index is 0.208. The van der Waals surface area contributed by atoms with Crippen molar-refractivity contribution in [3.63, 3.8) is 0 Å². The molecule has 5 nitrogen and oxygen atoms in total. The predicted octanol–water partition coefficient (Wildman–Crippen LogP) is 1.50. The fraction of sp³-hybridized carbons (Fsp3) is 0.727. The topological polar surface area (TPSA) is 81.8 Å². The Hall–Kier alpha value is -1.14. The monoisotopic (exact) mass is 371 g/mol. The molecule has 1 aliphatic heterocycles. The van der Waals surface area contributed by atoms with Gasteiger partial charge in [0.1, 0.15) is 5.75 Å². The van der Waals surface area contributed by atoms with Gasteiger partial charge in [0.2, 0.25) is 0 Å². The summed E-state index contributed by atoms with van der Waals surface area (Å²) >= 11 is 0. The highest BCUT2D eigenvalue weighted by molar-refractivity contribution is 5.48. The van der Waals surface area contributed by atoms with E-state index in [1.165, 1.54) is 24.0 Å². The Morgan fingerprint density at radius 2 is 2.07 bits per heavy atom. The number of hydrogen-bond donors (Lipinski definition) is 4. The SMILES string of the molecule is NCCNC1CCC2(O)C3Cc4ccc(O)cc4C2(CCN3CC2CC2)C1. The lowest BCUT2D eigenvalue weighted by Gasteiger charge is -2.65. The van der Waals surface area contributed by atoms with E-state index in [-0.39, 0.29) is 11.5 Å². The number of piperidine rings is 1. The maximum Gasteiger partial charge on any atom is 0.115 e. The molecule has 0 aromatic heterocycles. The van der Waals surface area contributed by atoms with Crippen molar-refractivity contribution in [1.82, 2.24) is 10.2 Å². The quantitative estimate of drug-likeness (QED) is 0.631. The first-order valence-electron chi connectivity index (χ1n) is 10.8. The molecular weight excluding hydrogens is 338 g/mol. The van der Waals surface area contributed by atoms with Gasteiger partial charge in [-0.1, -0.05) is 6.07 Å². The molecule has 4 unspecified atom stereocenters. The highest BCUT2D eigenvalue weighted by Crippen LogP contribution is 2.58. The smallest absolute Gasteiger partial charge is 0.115 e. The Labute approximate surface area is 161 Å². The third-order valence-electron chi connectivity index (χ3n) is 7.90. The molecule has 1 saturated heterocycles. The van der Waals surface area contributed by atoms with E-state index in [1.54, 1.807) is 0 Å². The van der Waals surface area contributed by atoms with Crippen LogP contribution in [0.5, 0.6) is 5.75 Å². The third kappa shape index (κ3) is 2.74. The van der Waals surface area contributed by atoms with Gasteiger partial charge in [-0.3, -0.25) is 4.90 Å². The Kier molecular flexibility index (Phi) is 4.28. The average Bonchev–Trinajstić information content (AvgIpc) is 3.47. The number of aliphatic hydroxyl groups is 1. The standard InChI is InChI=1S/C22H33N3O2/c23-8-9-24-17-5-6-22(27)20-11-16-3-4-18(26)12-19(16)21(22,13-17)7-10-25(20)14-15-1-2-15/h3-4,12,15,17,20,24,26-27H,1-2,5-11,13-14,23H2. The second kappa shape index (κ2) is 6.45. The molecular formula is C22H33N3O2. The second-order valence-corrected chi connectivity index (χ2v) is 9.44. The lowest BCUT2D eigenvalue weighted by molar-refractivity contribution is -0.170. The number of rotatable bonds is 5. The van der Waals surface area contributed by atoms with Gasteiger partial charge in [0.25, 0.3) is 0 Å². The fourth-order valence-electron chi connectivity index (χ4n) is 6.41.